The number of hydrogen-bond donors (Lipinski definition) is 2. The van der Waals surface area contributed by atoms with E-state index >= 15 is 0 Å². The molecule has 0 fully saturated rings. The highest BCUT2D eigenvalue weighted by Gasteiger charge is 2.32. The van der Waals surface area contributed by atoms with E-state index in [0.29, 0.717) is 11.5 Å². The lowest BCUT2D eigenvalue weighted by molar-refractivity contribution is 0.374. The fourth-order valence-electron chi connectivity index (χ4n) is 4.14. The first-order chi connectivity index (χ1) is 16.1. The number of benzene rings is 4. The second-order valence-electron chi connectivity index (χ2n) is 7.86. The van der Waals surface area contributed by atoms with E-state index < -0.39 is 0 Å². The van der Waals surface area contributed by atoms with Gasteiger partial charge in [0.15, 0.2) is 5.11 Å². The number of hydrogen-bond acceptors (Lipinski definition) is 4. The molecule has 0 amide bonds. The van der Waals surface area contributed by atoms with Gasteiger partial charge in [-0.3, -0.25) is 0 Å². The first kappa shape index (κ1) is 21.0. The average molecular weight is 454 g/mol. The molecule has 0 saturated carbocycles. The van der Waals surface area contributed by atoms with E-state index in [1.54, 1.807) is 7.11 Å². The maximum atomic E-state index is 11.0. The summed E-state index contributed by atoms with van der Waals surface area (Å²) in [6.45, 7) is 0. The number of methoxy groups -OCH3 is 1. The molecule has 0 aromatic heterocycles. The molecule has 0 saturated heterocycles. The van der Waals surface area contributed by atoms with Crippen molar-refractivity contribution in [2.45, 2.75) is 12.5 Å². The fourth-order valence-corrected chi connectivity index (χ4v) is 4.42. The van der Waals surface area contributed by atoms with Crippen molar-refractivity contribution in [3.63, 3.8) is 0 Å². The van der Waals surface area contributed by atoms with E-state index in [-0.39, 0.29) is 11.8 Å². The van der Waals surface area contributed by atoms with E-state index in [4.69, 9.17) is 22.1 Å². The molecule has 0 bridgehead atoms. The maximum Gasteiger partial charge on any atom is 0.194 e. The molecule has 164 valence electrons. The van der Waals surface area contributed by atoms with Crippen molar-refractivity contribution in [3.8, 4) is 11.5 Å². The van der Waals surface area contributed by atoms with Gasteiger partial charge in [0.2, 0.25) is 0 Å². The number of hydrazone groups is 1. The summed E-state index contributed by atoms with van der Waals surface area (Å²) < 4.78 is 5.32. The molecule has 1 heterocycles. The van der Waals surface area contributed by atoms with Gasteiger partial charge in [0.1, 0.15) is 11.5 Å². The average Bonchev–Trinajstić information content (AvgIpc) is 3.30. The minimum atomic E-state index is -0.111. The third-order valence-corrected chi connectivity index (χ3v) is 6.14. The molecule has 5 nitrogen and oxygen atoms in total. The Morgan fingerprint density at radius 2 is 1.70 bits per heavy atom. The Balaban J connectivity index is 1.53. The molecule has 1 aliphatic rings. The molecule has 0 radical (unpaired) electrons. The van der Waals surface area contributed by atoms with Crippen LogP contribution in [0.15, 0.2) is 96.1 Å². The summed E-state index contributed by atoms with van der Waals surface area (Å²) in [6, 6.07) is 29.4. The normalized spacial score (nSPS) is 15.4. The van der Waals surface area contributed by atoms with Crippen LogP contribution in [0.4, 0.5) is 5.69 Å². The number of ether oxygens (including phenoxy) is 1. The second-order valence-corrected chi connectivity index (χ2v) is 8.25. The lowest BCUT2D eigenvalue weighted by atomic mass is 9.96. The summed E-state index contributed by atoms with van der Waals surface area (Å²) in [5, 5.41) is 23.3. The molecule has 1 aliphatic heterocycles. The SMILES string of the molecule is COc1ccc(C2CC(c3ccc4ccccc4c3O)=NN2C(=S)Nc2ccccc2)cc1. The van der Waals surface area contributed by atoms with E-state index in [1.807, 2.05) is 96.0 Å². The van der Waals surface area contributed by atoms with Crippen molar-refractivity contribution in [1.82, 2.24) is 5.01 Å². The number of aromatic hydroxyl groups is 1. The molecule has 1 unspecified atom stereocenters. The Hall–Kier alpha value is -3.90. The minimum absolute atomic E-state index is 0.111. The molecule has 2 N–H and O–H groups in total. The molecule has 0 spiro atoms. The van der Waals surface area contributed by atoms with Crippen LogP contribution >= 0.6 is 12.2 Å². The Morgan fingerprint density at radius 1 is 0.970 bits per heavy atom. The highest BCUT2D eigenvalue weighted by atomic mass is 32.1. The van der Waals surface area contributed by atoms with E-state index in [2.05, 4.69) is 5.32 Å². The summed E-state index contributed by atoms with van der Waals surface area (Å²) in [5.41, 5.74) is 3.47. The van der Waals surface area contributed by atoms with Crippen LogP contribution in [-0.4, -0.2) is 28.0 Å². The van der Waals surface area contributed by atoms with Crippen LogP contribution in [0.3, 0.4) is 0 Å². The van der Waals surface area contributed by atoms with E-state index in [0.717, 1.165) is 39.0 Å². The van der Waals surface area contributed by atoms with Crippen molar-refractivity contribution >= 4 is 39.5 Å². The Kier molecular flexibility index (Phi) is 5.67. The summed E-state index contributed by atoms with van der Waals surface area (Å²) in [4.78, 5) is 0. The van der Waals surface area contributed by atoms with Gasteiger partial charge in [-0.15, -0.1) is 0 Å². The third-order valence-electron chi connectivity index (χ3n) is 5.86. The van der Waals surface area contributed by atoms with Crippen LogP contribution in [-0.2, 0) is 0 Å². The molecule has 4 aromatic rings. The lowest BCUT2D eigenvalue weighted by Gasteiger charge is -2.25. The Labute approximate surface area is 197 Å². The van der Waals surface area contributed by atoms with Crippen LogP contribution in [0, 0.1) is 0 Å². The number of anilines is 1. The van der Waals surface area contributed by atoms with Crippen LogP contribution in [0.2, 0.25) is 0 Å². The number of nitrogens with one attached hydrogen (secondary N) is 1. The molecule has 4 aromatic carbocycles. The number of thiocarbonyl (C=S) groups is 1. The number of phenols is 1. The highest BCUT2D eigenvalue weighted by Crippen LogP contribution is 2.38. The van der Waals surface area contributed by atoms with Gasteiger partial charge < -0.3 is 15.2 Å². The van der Waals surface area contributed by atoms with Crippen molar-refractivity contribution in [1.29, 1.82) is 0 Å². The fraction of sp³-hybridized carbons (Fsp3) is 0.111. The largest absolute Gasteiger partial charge is 0.507 e. The lowest BCUT2D eigenvalue weighted by Crippen LogP contribution is -2.31. The van der Waals surface area contributed by atoms with Gasteiger partial charge in [-0.25, -0.2) is 5.01 Å². The van der Waals surface area contributed by atoms with Crippen molar-refractivity contribution in [2.24, 2.45) is 5.10 Å². The van der Waals surface area contributed by atoms with Gasteiger partial charge in [0.25, 0.3) is 0 Å². The van der Waals surface area contributed by atoms with Crippen molar-refractivity contribution in [3.05, 3.63) is 102 Å². The maximum absolute atomic E-state index is 11.0. The summed E-state index contributed by atoms with van der Waals surface area (Å²) in [7, 11) is 1.65. The summed E-state index contributed by atoms with van der Waals surface area (Å²) in [5.74, 6) is 1.03. The topological polar surface area (TPSA) is 57.1 Å². The third kappa shape index (κ3) is 4.13. The first-order valence-electron chi connectivity index (χ1n) is 10.7. The highest BCUT2D eigenvalue weighted by molar-refractivity contribution is 7.80. The molecular weight excluding hydrogens is 430 g/mol. The predicted molar refractivity (Wildman–Crippen MR) is 137 cm³/mol. The monoisotopic (exact) mass is 453 g/mol. The van der Waals surface area contributed by atoms with Crippen molar-refractivity contribution < 1.29 is 9.84 Å². The van der Waals surface area contributed by atoms with E-state index in [1.165, 1.54) is 0 Å². The van der Waals surface area contributed by atoms with Gasteiger partial charge in [-0.05, 0) is 53.5 Å². The number of phenolic OH excluding ortho intramolecular Hbond substituents is 1. The molecular formula is C27H23N3O2S. The van der Waals surface area contributed by atoms with Gasteiger partial charge in [-0.1, -0.05) is 60.7 Å². The van der Waals surface area contributed by atoms with Crippen LogP contribution in [0.1, 0.15) is 23.6 Å². The van der Waals surface area contributed by atoms with Crippen LogP contribution in [0.25, 0.3) is 10.8 Å². The van der Waals surface area contributed by atoms with Gasteiger partial charge >= 0.3 is 0 Å². The van der Waals surface area contributed by atoms with Gasteiger partial charge in [-0.2, -0.15) is 5.10 Å². The number of fused-ring (bicyclic) bond motifs is 1. The standard InChI is InChI=1S/C27H23N3O2S/c1-32-21-14-11-19(12-15-21)25-17-24(23-16-13-18-7-5-6-10-22(18)26(23)31)29-30(25)27(33)28-20-8-3-2-4-9-20/h2-16,25,31H,17H2,1H3,(H,28,33). The zero-order valence-corrected chi connectivity index (χ0v) is 18.9. The molecule has 0 aliphatic carbocycles. The summed E-state index contributed by atoms with van der Waals surface area (Å²) >= 11 is 5.75. The zero-order valence-electron chi connectivity index (χ0n) is 18.1. The minimum Gasteiger partial charge on any atom is -0.507 e. The number of nitrogens with zero attached hydrogens (tertiary/aromatic N) is 2. The molecule has 6 heteroatoms. The number of para-hydroxylation sites is 1. The van der Waals surface area contributed by atoms with Crippen molar-refractivity contribution in [2.75, 3.05) is 12.4 Å². The summed E-state index contributed by atoms with van der Waals surface area (Å²) in [6.07, 6.45) is 0.606. The zero-order chi connectivity index (χ0) is 22.8. The smallest absolute Gasteiger partial charge is 0.194 e. The predicted octanol–water partition coefficient (Wildman–Crippen LogP) is 6.10. The van der Waals surface area contributed by atoms with Gasteiger partial charge in [0.05, 0.1) is 18.9 Å². The Morgan fingerprint density at radius 3 is 2.45 bits per heavy atom. The number of rotatable bonds is 4. The first-order valence-corrected chi connectivity index (χ1v) is 11.1. The molecule has 5 rings (SSSR count). The van der Waals surface area contributed by atoms with Crippen LogP contribution < -0.4 is 10.1 Å². The molecule has 33 heavy (non-hydrogen) atoms. The Bertz CT molecular complexity index is 1340. The molecule has 1 atom stereocenters. The van der Waals surface area contributed by atoms with Crippen LogP contribution in [0.5, 0.6) is 11.5 Å². The quantitative estimate of drug-likeness (QED) is 0.366. The second kappa shape index (κ2) is 8.92. The van der Waals surface area contributed by atoms with Gasteiger partial charge in [0, 0.05) is 23.1 Å². The van der Waals surface area contributed by atoms with E-state index in [9.17, 15) is 5.11 Å².